The largest absolute Gasteiger partial charge is 0.456 e. The minimum Gasteiger partial charge on any atom is -0.456 e. The van der Waals surface area contributed by atoms with Gasteiger partial charge in [0.05, 0.1) is 22.1 Å². The molecule has 0 aliphatic rings. The molecular weight excluding hydrogens is 793 g/mol. The molecule has 0 N–H and O–H groups in total. The van der Waals surface area contributed by atoms with Crippen LogP contribution in [-0.4, -0.2) is 17.2 Å². The summed E-state index contributed by atoms with van der Waals surface area (Å²) in [6.07, 6.45) is 0. The second-order valence-corrected chi connectivity index (χ2v) is 20.6. The van der Waals surface area contributed by atoms with E-state index < -0.39 is 8.07 Å². The summed E-state index contributed by atoms with van der Waals surface area (Å²) in [6, 6.07) is 89.2. The lowest BCUT2D eigenvalue weighted by molar-refractivity contribution is 0.669. The lowest BCUT2D eigenvalue weighted by atomic mass is 9.97. The number of para-hydroxylation sites is 4. The Morgan fingerprint density at radius 1 is 0.297 bits per heavy atom. The molecule has 0 radical (unpaired) electrons. The Labute approximate surface area is 371 Å². The highest BCUT2D eigenvalue weighted by molar-refractivity contribution is 7.19. The first-order chi connectivity index (χ1) is 31.8. The maximum atomic E-state index is 6.41. The smallest absolute Gasteiger partial charge is 0.179 e. The molecule has 0 unspecified atom stereocenters. The molecular formula is C60H40N2OSi. The van der Waals surface area contributed by atoms with Crippen molar-refractivity contribution in [1.82, 2.24) is 9.13 Å². The number of hydrogen-bond donors (Lipinski definition) is 0. The lowest BCUT2D eigenvalue weighted by Gasteiger charge is -2.34. The molecule has 0 spiro atoms. The van der Waals surface area contributed by atoms with Gasteiger partial charge in [-0.05, 0) is 80.9 Å². The molecule has 0 bridgehead atoms. The van der Waals surface area contributed by atoms with E-state index in [1.807, 2.05) is 6.07 Å². The molecule has 0 aliphatic heterocycles. The molecule has 13 rings (SSSR count). The number of hydrogen-bond acceptors (Lipinski definition) is 1. The number of nitrogens with zero attached hydrogens (tertiary/aromatic N) is 2. The summed E-state index contributed by atoms with van der Waals surface area (Å²) in [5.41, 5.74) is 11.1. The van der Waals surface area contributed by atoms with Crippen molar-refractivity contribution in [3.8, 4) is 22.5 Å². The Morgan fingerprint density at radius 3 is 1.48 bits per heavy atom. The Morgan fingerprint density at radius 2 is 0.781 bits per heavy atom. The van der Waals surface area contributed by atoms with Crippen molar-refractivity contribution >= 4 is 94.4 Å². The summed E-state index contributed by atoms with van der Waals surface area (Å²) in [5.74, 6) is 0. The van der Waals surface area contributed by atoms with Crippen LogP contribution in [0.5, 0.6) is 0 Å². The van der Waals surface area contributed by atoms with Gasteiger partial charge in [-0.15, -0.1) is 0 Å². The highest BCUT2D eigenvalue weighted by atomic mass is 28.3. The van der Waals surface area contributed by atoms with Gasteiger partial charge in [0.25, 0.3) is 0 Å². The van der Waals surface area contributed by atoms with Crippen molar-refractivity contribution < 1.29 is 4.42 Å². The Balaban J connectivity index is 1.05. The van der Waals surface area contributed by atoms with Crippen LogP contribution in [0.25, 0.3) is 88.1 Å². The molecule has 13 aromatic rings. The van der Waals surface area contributed by atoms with Crippen molar-refractivity contribution in [2.24, 2.45) is 0 Å². The van der Waals surface area contributed by atoms with Gasteiger partial charge in [0.15, 0.2) is 8.07 Å². The van der Waals surface area contributed by atoms with Gasteiger partial charge >= 0.3 is 0 Å². The third kappa shape index (κ3) is 5.33. The average molecular weight is 833 g/mol. The molecule has 4 heteroatoms. The standard InChI is InChI=1S/C60H40N2OSi/c1-4-20-43(21-5-1)64(44-22-6-2-7-23-44,45-24-8-3-9-25-45)46-26-16-19-41(39-46)61-54-33-13-11-28-48(54)53-40-42(37-38-56(53)61)62-55-34-14-10-27-47(55)50-31-17-32-51(60(50)62)49-30-18-36-58-59(49)52-29-12-15-35-57(52)63-58/h1-40H. The van der Waals surface area contributed by atoms with Crippen LogP contribution in [0.2, 0.25) is 0 Å². The molecule has 300 valence electrons. The van der Waals surface area contributed by atoms with E-state index in [1.54, 1.807) is 0 Å². The van der Waals surface area contributed by atoms with Gasteiger partial charge in [0.1, 0.15) is 11.2 Å². The van der Waals surface area contributed by atoms with Gasteiger partial charge in [0.2, 0.25) is 0 Å². The molecule has 3 nitrogen and oxygen atoms in total. The highest BCUT2D eigenvalue weighted by Crippen LogP contribution is 2.43. The van der Waals surface area contributed by atoms with E-state index in [0.29, 0.717) is 0 Å². The molecule has 0 amide bonds. The van der Waals surface area contributed by atoms with Crippen LogP contribution < -0.4 is 20.7 Å². The van der Waals surface area contributed by atoms with Crippen LogP contribution in [0.3, 0.4) is 0 Å². The third-order valence-corrected chi connectivity index (χ3v) is 18.2. The van der Waals surface area contributed by atoms with Crippen LogP contribution in [0.1, 0.15) is 0 Å². The van der Waals surface area contributed by atoms with Crippen LogP contribution in [0, 0.1) is 0 Å². The van der Waals surface area contributed by atoms with Gasteiger partial charge in [-0.3, -0.25) is 0 Å². The number of fused-ring (bicyclic) bond motifs is 9. The van der Waals surface area contributed by atoms with Crippen LogP contribution >= 0.6 is 0 Å². The van der Waals surface area contributed by atoms with Crippen molar-refractivity contribution in [3.63, 3.8) is 0 Å². The Kier molecular flexibility index (Phi) is 8.23. The topological polar surface area (TPSA) is 23.0 Å². The van der Waals surface area contributed by atoms with E-state index in [4.69, 9.17) is 4.42 Å². The molecule has 0 fully saturated rings. The predicted molar refractivity (Wildman–Crippen MR) is 271 cm³/mol. The first kappa shape index (κ1) is 36.5. The molecule has 0 atom stereocenters. The molecule has 3 heterocycles. The van der Waals surface area contributed by atoms with E-state index in [0.717, 1.165) is 38.9 Å². The lowest BCUT2D eigenvalue weighted by Crippen LogP contribution is -2.74. The number of benzene rings is 10. The van der Waals surface area contributed by atoms with Gasteiger partial charge in [-0.25, -0.2) is 0 Å². The molecule has 0 saturated heterocycles. The first-order valence-corrected chi connectivity index (χ1v) is 24.0. The van der Waals surface area contributed by atoms with Gasteiger partial charge in [-0.2, -0.15) is 0 Å². The van der Waals surface area contributed by atoms with E-state index in [-0.39, 0.29) is 0 Å². The van der Waals surface area contributed by atoms with E-state index in [1.165, 1.54) is 69.9 Å². The minimum atomic E-state index is -2.76. The minimum absolute atomic E-state index is 0.896. The summed E-state index contributed by atoms with van der Waals surface area (Å²) in [6.45, 7) is 0. The summed E-state index contributed by atoms with van der Waals surface area (Å²) >= 11 is 0. The maximum absolute atomic E-state index is 6.41. The third-order valence-electron chi connectivity index (χ3n) is 13.5. The fraction of sp³-hybridized carbons (Fsp3) is 0. The quantitative estimate of drug-likeness (QED) is 0.116. The van der Waals surface area contributed by atoms with Crippen LogP contribution in [0.4, 0.5) is 0 Å². The summed E-state index contributed by atoms with van der Waals surface area (Å²) < 4.78 is 11.4. The van der Waals surface area contributed by atoms with Crippen molar-refractivity contribution in [2.45, 2.75) is 0 Å². The number of rotatable bonds is 7. The van der Waals surface area contributed by atoms with Crippen molar-refractivity contribution in [2.75, 3.05) is 0 Å². The maximum Gasteiger partial charge on any atom is 0.179 e. The summed E-state index contributed by atoms with van der Waals surface area (Å²) in [4.78, 5) is 0. The molecule has 3 aromatic heterocycles. The zero-order chi connectivity index (χ0) is 42.2. The van der Waals surface area contributed by atoms with Crippen molar-refractivity contribution in [3.05, 3.63) is 243 Å². The first-order valence-electron chi connectivity index (χ1n) is 22.0. The van der Waals surface area contributed by atoms with Crippen LogP contribution in [-0.2, 0) is 0 Å². The monoisotopic (exact) mass is 832 g/mol. The molecule has 0 saturated carbocycles. The number of aromatic nitrogens is 2. The SMILES string of the molecule is c1ccc([Si](c2ccccc2)(c2ccccc2)c2cccc(-n3c4ccccc4c4cc(-n5c6ccccc6c6cccc(-c7cccc8oc9ccccc9c78)c65)ccc43)c2)cc1. The second kappa shape index (κ2) is 14.5. The average Bonchev–Trinajstić information content (AvgIpc) is 4.03. The van der Waals surface area contributed by atoms with E-state index in [9.17, 15) is 0 Å². The second-order valence-electron chi connectivity index (χ2n) is 16.8. The molecule has 10 aromatic carbocycles. The Bertz CT molecular complexity index is 3800. The van der Waals surface area contributed by atoms with Gasteiger partial charge < -0.3 is 13.6 Å². The fourth-order valence-electron chi connectivity index (χ4n) is 10.8. The summed E-state index contributed by atoms with van der Waals surface area (Å²) in [5, 5.41) is 12.6. The van der Waals surface area contributed by atoms with Gasteiger partial charge in [-0.1, -0.05) is 188 Å². The zero-order valence-electron chi connectivity index (χ0n) is 34.9. The van der Waals surface area contributed by atoms with Gasteiger partial charge in [0, 0.05) is 49.3 Å². The fourth-order valence-corrected chi connectivity index (χ4v) is 15.6. The molecule has 64 heavy (non-hydrogen) atoms. The van der Waals surface area contributed by atoms with Crippen LogP contribution in [0.15, 0.2) is 247 Å². The zero-order valence-corrected chi connectivity index (χ0v) is 35.9. The van der Waals surface area contributed by atoms with E-state index >= 15 is 0 Å². The van der Waals surface area contributed by atoms with Crippen molar-refractivity contribution in [1.29, 1.82) is 0 Å². The summed E-state index contributed by atoms with van der Waals surface area (Å²) in [7, 11) is -2.76. The molecule has 0 aliphatic carbocycles. The predicted octanol–water partition coefficient (Wildman–Crippen LogP) is 12.8. The van der Waals surface area contributed by atoms with E-state index in [2.05, 4.69) is 246 Å². The highest BCUT2D eigenvalue weighted by Gasteiger charge is 2.41. The number of furan rings is 1. The normalized spacial score (nSPS) is 12.1. The Hall–Kier alpha value is -8.18.